The highest BCUT2D eigenvalue weighted by atomic mass is 16.4. The van der Waals surface area contributed by atoms with Gasteiger partial charge in [0.15, 0.2) is 0 Å². The van der Waals surface area contributed by atoms with Crippen molar-refractivity contribution in [1.82, 2.24) is 19.7 Å². The summed E-state index contributed by atoms with van der Waals surface area (Å²) < 4.78 is 0. The number of hydrogen-bond donors (Lipinski definition) is 2. The summed E-state index contributed by atoms with van der Waals surface area (Å²) in [6, 6.07) is 6.19. The van der Waals surface area contributed by atoms with E-state index in [0.29, 0.717) is 30.6 Å². The number of nitriles is 1. The Morgan fingerprint density at radius 1 is 1.14 bits per heavy atom. The van der Waals surface area contributed by atoms with Gasteiger partial charge < -0.3 is 20.0 Å². The molecule has 0 aliphatic carbocycles. The van der Waals surface area contributed by atoms with Crippen LogP contribution in [0.2, 0.25) is 0 Å². The molecule has 1 unspecified atom stereocenters. The molecule has 0 radical (unpaired) electrons. The van der Waals surface area contributed by atoms with E-state index in [9.17, 15) is 14.7 Å². The molecule has 11 nitrogen and oxygen atoms in total. The van der Waals surface area contributed by atoms with Gasteiger partial charge in [-0.1, -0.05) is 0 Å². The zero-order chi connectivity index (χ0) is 25.4. The fraction of sp³-hybridized carbons (Fsp3) is 0.542. The highest BCUT2D eigenvalue weighted by Gasteiger charge is 2.38. The largest absolute Gasteiger partial charge is 0.465 e. The average Bonchev–Trinajstić information content (AvgIpc) is 2.89. The zero-order valence-corrected chi connectivity index (χ0v) is 20.2. The van der Waals surface area contributed by atoms with Gasteiger partial charge in [0.2, 0.25) is 0 Å². The maximum absolute atomic E-state index is 11.7. The minimum atomic E-state index is -0.947. The van der Waals surface area contributed by atoms with E-state index in [4.69, 9.17) is 10.4 Å². The van der Waals surface area contributed by atoms with Gasteiger partial charge >= 0.3 is 12.2 Å². The normalized spacial score (nSPS) is 20.9. The van der Waals surface area contributed by atoms with Crippen LogP contribution in [-0.4, -0.2) is 99.7 Å². The highest BCUT2D eigenvalue weighted by Crippen LogP contribution is 2.29. The predicted molar refractivity (Wildman–Crippen MR) is 131 cm³/mol. The number of carbonyl (C=O) groups is 2. The zero-order valence-electron chi connectivity index (χ0n) is 20.2. The third-order valence-corrected chi connectivity index (χ3v) is 6.67. The van der Waals surface area contributed by atoms with Crippen LogP contribution in [0.1, 0.15) is 32.3 Å². The summed E-state index contributed by atoms with van der Waals surface area (Å²) in [7, 11) is 0. The molecule has 0 spiro atoms. The van der Waals surface area contributed by atoms with Crippen LogP contribution in [-0.2, 0) is 0 Å². The number of pyridine rings is 1. The van der Waals surface area contributed by atoms with Crippen LogP contribution < -0.4 is 4.90 Å². The van der Waals surface area contributed by atoms with Gasteiger partial charge in [-0.3, -0.25) is 14.8 Å². The van der Waals surface area contributed by atoms with E-state index in [1.54, 1.807) is 17.2 Å². The van der Waals surface area contributed by atoms with Gasteiger partial charge in [0.05, 0.1) is 24.2 Å². The molecule has 4 rings (SSSR count). The molecule has 2 N–H and O–H groups in total. The molecular formula is C24H33N7O4. The first-order valence-corrected chi connectivity index (χ1v) is 11.8. The summed E-state index contributed by atoms with van der Waals surface area (Å²) in [5.41, 5.74) is 0.619. The summed E-state index contributed by atoms with van der Waals surface area (Å²) >= 11 is 0. The van der Waals surface area contributed by atoms with Crippen molar-refractivity contribution >= 4 is 24.2 Å². The molecule has 4 heterocycles. The molecule has 2 saturated heterocycles. The van der Waals surface area contributed by atoms with Crippen molar-refractivity contribution in [3.05, 3.63) is 36.3 Å². The molecule has 3 aliphatic rings. The molecule has 35 heavy (non-hydrogen) atoms. The van der Waals surface area contributed by atoms with Crippen LogP contribution in [0.25, 0.3) is 0 Å². The van der Waals surface area contributed by atoms with Crippen molar-refractivity contribution in [2.45, 2.75) is 38.8 Å². The number of aliphatic imine (C=N–C) groups is 1. The summed E-state index contributed by atoms with van der Waals surface area (Å²) in [5.74, 6) is 1.20. The summed E-state index contributed by atoms with van der Waals surface area (Å²) in [6.45, 7) is 8.60. The first kappa shape index (κ1) is 26.0. The van der Waals surface area contributed by atoms with Gasteiger partial charge in [-0.25, -0.2) is 14.6 Å². The number of piperazine rings is 1. The van der Waals surface area contributed by atoms with Crippen LogP contribution >= 0.6 is 0 Å². The first-order valence-electron chi connectivity index (χ1n) is 11.8. The monoisotopic (exact) mass is 483 g/mol. The van der Waals surface area contributed by atoms with Crippen molar-refractivity contribution in [2.75, 3.05) is 44.2 Å². The van der Waals surface area contributed by atoms with Gasteiger partial charge in [0.1, 0.15) is 5.82 Å². The third kappa shape index (κ3) is 6.93. The Bertz CT molecular complexity index is 982. The molecule has 1 aromatic heterocycles. The molecule has 0 saturated carbocycles. The number of piperidine rings is 1. The quantitative estimate of drug-likeness (QED) is 0.670. The molecule has 3 aliphatic heterocycles. The fourth-order valence-corrected chi connectivity index (χ4v) is 4.63. The number of carboxylic acid groups (broad SMARTS) is 2. The van der Waals surface area contributed by atoms with Gasteiger partial charge in [0.25, 0.3) is 0 Å². The van der Waals surface area contributed by atoms with Crippen LogP contribution in [0.4, 0.5) is 15.4 Å². The average molecular weight is 484 g/mol. The minimum absolute atomic E-state index is 0.0594. The lowest BCUT2D eigenvalue weighted by atomic mass is 9.86. The fourth-order valence-electron chi connectivity index (χ4n) is 4.63. The molecule has 2 fully saturated rings. The number of anilines is 1. The summed E-state index contributed by atoms with van der Waals surface area (Å²) in [4.78, 5) is 37.3. The minimum Gasteiger partial charge on any atom is -0.465 e. The van der Waals surface area contributed by atoms with Gasteiger partial charge in [0, 0.05) is 63.6 Å². The number of rotatable bonds is 3. The Morgan fingerprint density at radius 2 is 1.89 bits per heavy atom. The van der Waals surface area contributed by atoms with E-state index in [-0.39, 0.29) is 6.04 Å². The SMILES string of the molecule is CC(C)N1CCN(C(=O)O)C(C2CCN(c3cc(C#N)ccn3)CC2)C1.O=C(O)N1C=CN=CC1. The molecule has 0 aromatic carbocycles. The van der Waals surface area contributed by atoms with Crippen LogP contribution in [0, 0.1) is 17.2 Å². The second-order valence-corrected chi connectivity index (χ2v) is 9.04. The lowest BCUT2D eigenvalue weighted by Crippen LogP contribution is -2.60. The topological polar surface area (TPSA) is 137 Å². The summed E-state index contributed by atoms with van der Waals surface area (Å²) in [5, 5.41) is 27.0. The van der Waals surface area contributed by atoms with E-state index in [0.717, 1.165) is 49.7 Å². The predicted octanol–water partition coefficient (Wildman–Crippen LogP) is 2.76. The number of amides is 2. The maximum atomic E-state index is 11.7. The molecule has 1 aromatic rings. The Kier molecular flexibility index (Phi) is 9.03. The second-order valence-electron chi connectivity index (χ2n) is 9.04. The molecule has 2 amide bonds. The smallest absolute Gasteiger partial charge is 0.411 e. The first-order chi connectivity index (χ1) is 16.8. The number of hydrogen-bond acceptors (Lipinski definition) is 7. The van der Waals surface area contributed by atoms with Gasteiger partial charge in [-0.2, -0.15) is 5.26 Å². The van der Waals surface area contributed by atoms with Crippen molar-refractivity contribution in [2.24, 2.45) is 10.9 Å². The van der Waals surface area contributed by atoms with Crippen molar-refractivity contribution < 1.29 is 19.8 Å². The van der Waals surface area contributed by atoms with Crippen molar-refractivity contribution in [3.8, 4) is 6.07 Å². The lowest BCUT2D eigenvalue weighted by Gasteiger charge is -2.47. The Labute approximate surface area is 205 Å². The number of aromatic nitrogens is 1. The van der Waals surface area contributed by atoms with E-state index in [2.05, 4.69) is 39.7 Å². The van der Waals surface area contributed by atoms with Crippen LogP contribution in [0.5, 0.6) is 0 Å². The molecule has 11 heteroatoms. The Balaban J connectivity index is 0.000000320. The van der Waals surface area contributed by atoms with Crippen molar-refractivity contribution in [1.29, 1.82) is 5.26 Å². The third-order valence-electron chi connectivity index (χ3n) is 6.67. The standard InChI is InChI=1S/C19H27N5O2.C5H6N2O2/c1-14(2)23-9-10-24(19(25)26)17(13-23)16-4-7-22(8-5-16)18-11-15(12-20)3-6-21-18;8-5(9)7-3-1-6-2-4-7/h3,6,11,14,16-17H,4-5,7-10,13H2,1-2H3,(H,25,26);1-3H,4H2,(H,8,9). The van der Waals surface area contributed by atoms with E-state index >= 15 is 0 Å². The van der Waals surface area contributed by atoms with E-state index in [1.807, 2.05) is 6.07 Å². The van der Waals surface area contributed by atoms with E-state index in [1.165, 1.54) is 18.6 Å². The Morgan fingerprint density at radius 3 is 2.43 bits per heavy atom. The van der Waals surface area contributed by atoms with Crippen LogP contribution in [0.3, 0.4) is 0 Å². The van der Waals surface area contributed by atoms with Gasteiger partial charge in [-0.15, -0.1) is 0 Å². The Hall–Kier alpha value is -3.65. The maximum Gasteiger partial charge on any atom is 0.411 e. The molecule has 1 atom stereocenters. The van der Waals surface area contributed by atoms with Gasteiger partial charge in [-0.05, 0) is 44.7 Å². The summed E-state index contributed by atoms with van der Waals surface area (Å²) in [6.07, 6.45) is 6.21. The lowest BCUT2D eigenvalue weighted by molar-refractivity contribution is 0.0258. The number of nitrogens with zero attached hydrogens (tertiary/aromatic N) is 7. The van der Waals surface area contributed by atoms with E-state index < -0.39 is 12.2 Å². The van der Waals surface area contributed by atoms with Crippen LogP contribution in [0.15, 0.2) is 35.7 Å². The second kappa shape index (κ2) is 12.2. The molecule has 0 bridgehead atoms. The molecule has 188 valence electrons. The highest BCUT2D eigenvalue weighted by molar-refractivity contribution is 5.73. The molecular weight excluding hydrogens is 450 g/mol. The van der Waals surface area contributed by atoms with Crippen molar-refractivity contribution in [3.63, 3.8) is 0 Å².